The Hall–Kier alpha value is -3.74. The number of aliphatic hydroxyl groups is 1. The molecule has 0 aromatic heterocycles. The number of carbonyl (C=O) groups is 2. The van der Waals surface area contributed by atoms with E-state index in [0.29, 0.717) is 36.6 Å². The Labute approximate surface area is 229 Å². The van der Waals surface area contributed by atoms with Gasteiger partial charge >= 0.3 is 0 Å². The Morgan fingerprint density at radius 2 is 1.77 bits per heavy atom. The first kappa shape index (κ1) is 25.5. The highest BCUT2D eigenvalue weighted by atomic mass is 16.3. The zero-order chi connectivity index (χ0) is 27.1. The first-order chi connectivity index (χ1) is 18.9. The summed E-state index contributed by atoms with van der Waals surface area (Å²) in [5, 5.41) is 25.1. The van der Waals surface area contributed by atoms with E-state index in [1.54, 1.807) is 18.2 Å². The lowest BCUT2D eigenvalue weighted by Crippen LogP contribution is -2.60. The van der Waals surface area contributed by atoms with E-state index in [9.17, 15) is 19.8 Å². The average Bonchev–Trinajstić information content (AvgIpc) is 2.95. The van der Waals surface area contributed by atoms with Crippen molar-refractivity contribution in [3.05, 3.63) is 101 Å². The molecular weight excluding hydrogens is 488 g/mol. The third-order valence-electron chi connectivity index (χ3n) is 9.11. The zero-order valence-electron chi connectivity index (χ0n) is 22.1. The second-order valence-corrected chi connectivity index (χ2v) is 11.3. The van der Waals surface area contributed by atoms with Crippen molar-refractivity contribution in [3.8, 4) is 16.9 Å². The minimum absolute atomic E-state index is 0.0745. The number of benzene rings is 3. The number of nitrogens with zero attached hydrogens (tertiary/aromatic N) is 1. The van der Waals surface area contributed by atoms with Gasteiger partial charge in [0.1, 0.15) is 12.0 Å². The molecule has 6 heteroatoms. The maximum absolute atomic E-state index is 13.2. The van der Waals surface area contributed by atoms with E-state index >= 15 is 0 Å². The molecule has 0 spiro atoms. The summed E-state index contributed by atoms with van der Waals surface area (Å²) >= 11 is 0. The van der Waals surface area contributed by atoms with Gasteiger partial charge in [0, 0.05) is 35.0 Å². The van der Waals surface area contributed by atoms with Crippen LogP contribution in [0.3, 0.4) is 0 Å². The highest BCUT2D eigenvalue weighted by molar-refractivity contribution is 5.97. The maximum atomic E-state index is 13.2. The molecular formula is C33H34N2O4. The summed E-state index contributed by atoms with van der Waals surface area (Å²) in [5.74, 6) is 0.00447. The highest BCUT2D eigenvalue weighted by Crippen LogP contribution is 2.56. The number of fused-ring (bicyclic) bond motifs is 1. The number of piperidine rings is 1. The van der Waals surface area contributed by atoms with Crippen LogP contribution in [-0.2, 0) is 18.3 Å². The van der Waals surface area contributed by atoms with Gasteiger partial charge in [0.05, 0.1) is 11.7 Å². The van der Waals surface area contributed by atoms with Crippen LogP contribution in [0.1, 0.15) is 50.2 Å². The molecule has 6 rings (SSSR count). The molecule has 0 saturated carbocycles. The van der Waals surface area contributed by atoms with Gasteiger partial charge in [-0.15, -0.1) is 0 Å². The van der Waals surface area contributed by atoms with E-state index in [0.717, 1.165) is 53.5 Å². The Morgan fingerprint density at radius 1 is 1.05 bits per heavy atom. The molecule has 2 aliphatic carbocycles. The second kappa shape index (κ2) is 10.1. The largest absolute Gasteiger partial charge is 0.507 e. The monoisotopic (exact) mass is 522 g/mol. The summed E-state index contributed by atoms with van der Waals surface area (Å²) in [7, 11) is 2.15. The number of likely N-dealkylation sites (N-methyl/N-ethyl adjacent to an activating group) is 1. The fraction of sp³-hybridized carbons (Fsp3) is 0.333. The number of aldehydes is 1. The molecule has 1 amide bonds. The van der Waals surface area contributed by atoms with Crippen molar-refractivity contribution >= 4 is 12.2 Å². The topological polar surface area (TPSA) is 89.9 Å². The molecule has 3 aromatic rings. The van der Waals surface area contributed by atoms with Crippen LogP contribution in [0, 0.1) is 5.92 Å². The molecule has 6 nitrogen and oxygen atoms in total. The number of aromatic hydroxyl groups is 1. The van der Waals surface area contributed by atoms with Crippen LogP contribution in [0.2, 0.25) is 0 Å². The number of phenolic OH excluding ortho intramolecular Hbond substituents is 1. The van der Waals surface area contributed by atoms with Crippen LogP contribution in [-0.4, -0.2) is 59.6 Å². The molecule has 200 valence electrons. The van der Waals surface area contributed by atoms with E-state index in [4.69, 9.17) is 0 Å². The molecule has 1 fully saturated rings. The standard InChI is InChI=1S/C33H34N2O4/c1-35-17-15-33-19-26(37)11-13-28(33)29(35)18-25-10-12-27(31(38)30(25)33)32(39)34-16-14-21-2-6-23(7-3-21)24-8-4-22(20-36)5-9-24/h2-13,20,26,28-29,37-38H,14-19H2,1H3,(H,34,39)/t26-,28-,29+,33-/m0/s1. The van der Waals surface area contributed by atoms with Crippen LogP contribution < -0.4 is 5.32 Å². The molecule has 0 radical (unpaired) electrons. The number of hydrogen-bond acceptors (Lipinski definition) is 5. The average molecular weight is 523 g/mol. The molecule has 3 aliphatic rings. The Balaban J connectivity index is 1.16. The number of likely N-dealkylation sites (tertiary alicyclic amines) is 1. The van der Waals surface area contributed by atoms with Crippen molar-refractivity contribution < 1.29 is 19.8 Å². The predicted octanol–water partition coefficient (Wildman–Crippen LogP) is 4.28. The van der Waals surface area contributed by atoms with Crippen molar-refractivity contribution in [2.24, 2.45) is 5.92 Å². The van der Waals surface area contributed by atoms with Crippen molar-refractivity contribution in [3.63, 3.8) is 0 Å². The molecule has 4 atom stereocenters. The van der Waals surface area contributed by atoms with Gasteiger partial charge < -0.3 is 20.4 Å². The number of nitrogens with one attached hydrogen (secondary N) is 1. The van der Waals surface area contributed by atoms with Crippen molar-refractivity contribution in [1.82, 2.24) is 10.2 Å². The smallest absolute Gasteiger partial charge is 0.255 e. The van der Waals surface area contributed by atoms with Crippen molar-refractivity contribution in [2.45, 2.75) is 43.2 Å². The lowest BCUT2D eigenvalue weighted by Gasteiger charge is -2.57. The van der Waals surface area contributed by atoms with E-state index in [1.807, 2.05) is 48.5 Å². The van der Waals surface area contributed by atoms with Crippen molar-refractivity contribution in [1.29, 1.82) is 0 Å². The molecule has 1 saturated heterocycles. The second-order valence-electron chi connectivity index (χ2n) is 11.3. The summed E-state index contributed by atoms with van der Waals surface area (Å²) in [6.45, 7) is 1.35. The molecule has 3 aromatic carbocycles. The number of aliphatic hydroxyl groups excluding tert-OH is 1. The summed E-state index contributed by atoms with van der Waals surface area (Å²) in [6, 6.07) is 19.7. The van der Waals surface area contributed by atoms with E-state index in [-0.39, 0.29) is 23.0 Å². The number of rotatable bonds is 6. The molecule has 1 aliphatic heterocycles. The van der Waals surface area contributed by atoms with Crippen LogP contribution in [0.25, 0.3) is 11.1 Å². The van der Waals surface area contributed by atoms with Gasteiger partial charge in [0.2, 0.25) is 0 Å². The number of hydrogen-bond donors (Lipinski definition) is 3. The van der Waals surface area contributed by atoms with Crippen LogP contribution in [0.15, 0.2) is 72.8 Å². The van der Waals surface area contributed by atoms with E-state index in [1.165, 1.54) is 0 Å². The molecule has 2 bridgehead atoms. The first-order valence-electron chi connectivity index (χ1n) is 13.7. The molecule has 39 heavy (non-hydrogen) atoms. The fourth-order valence-corrected chi connectivity index (χ4v) is 7.07. The lowest BCUT2D eigenvalue weighted by molar-refractivity contribution is 0.0195. The first-order valence-corrected chi connectivity index (χ1v) is 13.7. The summed E-state index contributed by atoms with van der Waals surface area (Å²) in [5.41, 5.74) is 5.76. The SMILES string of the molecule is CN1CC[C@]23C[C@@H](O)C=C[C@H]2[C@H]1Cc1ccc(C(=O)NCCc2ccc(-c4ccc(C=O)cc4)cc2)c(O)c13. The Kier molecular flexibility index (Phi) is 6.61. The third-order valence-corrected chi connectivity index (χ3v) is 9.11. The molecule has 0 unspecified atom stereocenters. The molecule has 3 N–H and O–H groups in total. The Morgan fingerprint density at radius 3 is 2.49 bits per heavy atom. The third kappa shape index (κ3) is 4.48. The van der Waals surface area contributed by atoms with Crippen LogP contribution >= 0.6 is 0 Å². The van der Waals surface area contributed by atoms with Gasteiger partial charge in [-0.2, -0.15) is 0 Å². The Bertz CT molecular complexity index is 1430. The predicted molar refractivity (Wildman–Crippen MR) is 151 cm³/mol. The number of carbonyl (C=O) groups excluding carboxylic acids is 2. The van der Waals surface area contributed by atoms with Gasteiger partial charge in [0.25, 0.3) is 5.91 Å². The normalized spacial score (nSPS) is 25.4. The maximum Gasteiger partial charge on any atom is 0.255 e. The highest BCUT2D eigenvalue weighted by Gasteiger charge is 2.54. The van der Waals surface area contributed by atoms with Gasteiger partial charge in [-0.05, 0) is 67.6 Å². The van der Waals surface area contributed by atoms with E-state index in [2.05, 4.69) is 23.3 Å². The van der Waals surface area contributed by atoms with Crippen LogP contribution in [0.4, 0.5) is 0 Å². The quantitative estimate of drug-likeness (QED) is 0.332. The van der Waals surface area contributed by atoms with Crippen LogP contribution in [0.5, 0.6) is 5.75 Å². The van der Waals surface area contributed by atoms with Gasteiger partial charge in [-0.1, -0.05) is 66.7 Å². The summed E-state index contributed by atoms with van der Waals surface area (Å²) < 4.78 is 0. The van der Waals surface area contributed by atoms with E-state index < -0.39 is 6.10 Å². The number of amides is 1. The zero-order valence-corrected chi connectivity index (χ0v) is 22.1. The minimum Gasteiger partial charge on any atom is -0.507 e. The minimum atomic E-state index is -0.546. The number of phenols is 1. The molecule has 1 heterocycles. The van der Waals surface area contributed by atoms with Crippen molar-refractivity contribution in [2.75, 3.05) is 20.1 Å². The van der Waals surface area contributed by atoms with Gasteiger partial charge in [0.15, 0.2) is 0 Å². The summed E-state index contributed by atoms with van der Waals surface area (Å²) in [4.78, 5) is 26.5. The lowest BCUT2D eigenvalue weighted by atomic mass is 9.53. The fourth-order valence-electron chi connectivity index (χ4n) is 7.07. The summed E-state index contributed by atoms with van der Waals surface area (Å²) in [6.07, 6.45) is 7.22. The van der Waals surface area contributed by atoms with Gasteiger partial charge in [-0.25, -0.2) is 0 Å². The van der Waals surface area contributed by atoms with Gasteiger partial charge in [-0.3, -0.25) is 9.59 Å².